The Labute approximate surface area is 106 Å². The molecule has 3 heteroatoms. The zero-order valence-electron chi connectivity index (χ0n) is 11.6. The maximum Gasteiger partial charge on any atom is 0.0746 e. The van der Waals surface area contributed by atoms with E-state index in [2.05, 4.69) is 19.3 Å². The number of rotatable bonds is 9. The van der Waals surface area contributed by atoms with E-state index >= 15 is 0 Å². The molecule has 1 aliphatic rings. The minimum atomic E-state index is 0.339. The van der Waals surface area contributed by atoms with Crippen LogP contribution in [-0.2, 0) is 4.74 Å². The molecular formula is C14H30N2O. The van der Waals surface area contributed by atoms with Gasteiger partial charge in [0, 0.05) is 6.04 Å². The van der Waals surface area contributed by atoms with Gasteiger partial charge < -0.3 is 4.74 Å². The standard InChI is InChI=1S/C14H30N2O/c1-3-4-5-6-7-8-9-13(16-15)14-11-10-12(2)17-14/h12-14,16H,3-11,15H2,1-2H3. The molecule has 0 aromatic rings. The Kier molecular flexibility index (Phi) is 7.82. The average molecular weight is 242 g/mol. The highest BCUT2D eigenvalue weighted by Gasteiger charge is 2.28. The first-order valence-corrected chi connectivity index (χ1v) is 7.39. The smallest absolute Gasteiger partial charge is 0.0746 e. The van der Waals surface area contributed by atoms with Crippen LogP contribution >= 0.6 is 0 Å². The summed E-state index contributed by atoms with van der Waals surface area (Å²) >= 11 is 0. The van der Waals surface area contributed by atoms with E-state index in [9.17, 15) is 0 Å². The highest BCUT2D eigenvalue weighted by atomic mass is 16.5. The molecule has 0 amide bonds. The molecule has 0 bridgehead atoms. The van der Waals surface area contributed by atoms with Crippen molar-refractivity contribution in [2.75, 3.05) is 0 Å². The Bertz CT molecular complexity index is 187. The van der Waals surface area contributed by atoms with Crippen LogP contribution in [0.3, 0.4) is 0 Å². The summed E-state index contributed by atoms with van der Waals surface area (Å²) in [6.07, 6.45) is 12.3. The summed E-state index contributed by atoms with van der Waals surface area (Å²) < 4.78 is 5.87. The van der Waals surface area contributed by atoms with Crippen molar-refractivity contribution in [3.05, 3.63) is 0 Å². The van der Waals surface area contributed by atoms with Crippen molar-refractivity contribution in [3.63, 3.8) is 0 Å². The number of hydrazine groups is 1. The summed E-state index contributed by atoms with van der Waals surface area (Å²) in [5.74, 6) is 5.63. The summed E-state index contributed by atoms with van der Waals surface area (Å²) in [7, 11) is 0. The molecule has 1 fully saturated rings. The number of ether oxygens (including phenoxy) is 1. The van der Waals surface area contributed by atoms with Gasteiger partial charge in [0.25, 0.3) is 0 Å². The Morgan fingerprint density at radius 2 is 1.88 bits per heavy atom. The van der Waals surface area contributed by atoms with Crippen molar-refractivity contribution in [2.45, 2.75) is 89.9 Å². The van der Waals surface area contributed by atoms with Crippen LogP contribution in [0, 0.1) is 0 Å². The summed E-state index contributed by atoms with van der Waals surface area (Å²) in [4.78, 5) is 0. The van der Waals surface area contributed by atoms with Crippen molar-refractivity contribution in [3.8, 4) is 0 Å². The Balaban J connectivity index is 2.06. The van der Waals surface area contributed by atoms with Crippen molar-refractivity contribution in [1.29, 1.82) is 0 Å². The van der Waals surface area contributed by atoms with Gasteiger partial charge in [0.15, 0.2) is 0 Å². The minimum Gasteiger partial charge on any atom is -0.374 e. The fraction of sp³-hybridized carbons (Fsp3) is 1.00. The van der Waals surface area contributed by atoms with E-state index in [1.54, 1.807) is 0 Å². The molecule has 3 atom stereocenters. The predicted molar refractivity (Wildman–Crippen MR) is 72.7 cm³/mol. The molecule has 0 aromatic carbocycles. The van der Waals surface area contributed by atoms with Gasteiger partial charge in [-0.1, -0.05) is 45.4 Å². The van der Waals surface area contributed by atoms with Crippen LogP contribution < -0.4 is 11.3 Å². The maximum absolute atomic E-state index is 5.87. The van der Waals surface area contributed by atoms with E-state index in [4.69, 9.17) is 10.6 Å². The molecule has 3 unspecified atom stereocenters. The third-order valence-electron chi connectivity index (χ3n) is 3.80. The van der Waals surface area contributed by atoms with Gasteiger partial charge in [-0.15, -0.1) is 0 Å². The minimum absolute atomic E-state index is 0.339. The number of nitrogens with one attached hydrogen (secondary N) is 1. The number of unbranched alkanes of at least 4 members (excludes halogenated alkanes) is 5. The van der Waals surface area contributed by atoms with Gasteiger partial charge in [0.05, 0.1) is 12.2 Å². The lowest BCUT2D eigenvalue weighted by atomic mass is 10.0. The third-order valence-corrected chi connectivity index (χ3v) is 3.80. The van der Waals surface area contributed by atoms with E-state index in [1.807, 2.05) is 0 Å². The molecule has 1 saturated heterocycles. The maximum atomic E-state index is 5.87. The molecule has 1 heterocycles. The molecule has 17 heavy (non-hydrogen) atoms. The van der Waals surface area contributed by atoms with E-state index < -0.39 is 0 Å². The summed E-state index contributed by atoms with van der Waals surface area (Å²) in [5, 5.41) is 0. The van der Waals surface area contributed by atoms with Crippen molar-refractivity contribution < 1.29 is 4.74 Å². The Morgan fingerprint density at radius 3 is 2.47 bits per heavy atom. The largest absolute Gasteiger partial charge is 0.374 e. The van der Waals surface area contributed by atoms with Crippen molar-refractivity contribution >= 4 is 0 Å². The lowest BCUT2D eigenvalue weighted by Crippen LogP contribution is -2.43. The third kappa shape index (κ3) is 5.84. The highest BCUT2D eigenvalue weighted by Crippen LogP contribution is 2.24. The van der Waals surface area contributed by atoms with Crippen LogP contribution in [0.25, 0.3) is 0 Å². The second kappa shape index (κ2) is 8.90. The zero-order chi connectivity index (χ0) is 12.5. The first-order valence-electron chi connectivity index (χ1n) is 7.39. The monoisotopic (exact) mass is 242 g/mol. The molecular weight excluding hydrogens is 212 g/mol. The van der Waals surface area contributed by atoms with Gasteiger partial charge in [-0.3, -0.25) is 11.3 Å². The van der Waals surface area contributed by atoms with E-state index in [1.165, 1.54) is 44.9 Å². The predicted octanol–water partition coefficient (Wildman–Crippen LogP) is 3.14. The number of nitrogens with two attached hydrogens (primary N) is 1. The molecule has 3 N–H and O–H groups in total. The fourth-order valence-electron chi connectivity index (χ4n) is 2.65. The molecule has 1 rings (SSSR count). The first kappa shape index (κ1) is 14.9. The summed E-state index contributed by atoms with van der Waals surface area (Å²) in [6, 6.07) is 0.353. The van der Waals surface area contributed by atoms with Crippen LogP contribution in [0.2, 0.25) is 0 Å². The molecule has 3 nitrogen and oxygen atoms in total. The van der Waals surface area contributed by atoms with Gasteiger partial charge in [-0.2, -0.15) is 0 Å². The highest BCUT2D eigenvalue weighted by molar-refractivity contribution is 4.81. The van der Waals surface area contributed by atoms with Crippen molar-refractivity contribution in [2.24, 2.45) is 5.84 Å². The van der Waals surface area contributed by atoms with Crippen LogP contribution in [0.5, 0.6) is 0 Å². The topological polar surface area (TPSA) is 47.3 Å². The molecule has 0 aromatic heterocycles. The Hall–Kier alpha value is -0.120. The summed E-state index contributed by atoms with van der Waals surface area (Å²) in [5.41, 5.74) is 2.94. The lowest BCUT2D eigenvalue weighted by Gasteiger charge is -2.22. The molecule has 0 spiro atoms. The van der Waals surface area contributed by atoms with E-state index in [-0.39, 0.29) is 0 Å². The zero-order valence-corrected chi connectivity index (χ0v) is 11.6. The fourth-order valence-corrected chi connectivity index (χ4v) is 2.65. The normalized spacial score (nSPS) is 26.3. The molecule has 0 saturated carbocycles. The van der Waals surface area contributed by atoms with E-state index in [0.717, 1.165) is 12.8 Å². The van der Waals surface area contributed by atoms with Crippen LogP contribution in [0.15, 0.2) is 0 Å². The van der Waals surface area contributed by atoms with Gasteiger partial charge in [0.2, 0.25) is 0 Å². The molecule has 1 aliphatic heterocycles. The molecule has 0 radical (unpaired) electrons. The second-order valence-corrected chi connectivity index (χ2v) is 5.39. The number of hydrogen-bond acceptors (Lipinski definition) is 3. The quantitative estimate of drug-likeness (QED) is 0.371. The van der Waals surface area contributed by atoms with Crippen LogP contribution in [0.1, 0.15) is 71.6 Å². The number of hydrogen-bond donors (Lipinski definition) is 2. The molecule has 102 valence electrons. The average Bonchev–Trinajstić information content (AvgIpc) is 2.75. The van der Waals surface area contributed by atoms with Crippen LogP contribution in [0.4, 0.5) is 0 Å². The molecule has 0 aliphatic carbocycles. The van der Waals surface area contributed by atoms with Gasteiger partial charge in [0.1, 0.15) is 0 Å². The van der Waals surface area contributed by atoms with E-state index in [0.29, 0.717) is 18.2 Å². The SMILES string of the molecule is CCCCCCCCC(NN)C1CCC(C)O1. The van der Waals surface area contributed by atoms with Gasteiger partial charge in [-0.05, 0) is 26.2 Å². The van der Waals surface area contributed by atoms with Gasteiger partial charge >= 0.3 is 0 Å². The van der Waals surface area contributed by atoms with Crippen LogP contribution in [-0.4, -0.2) is 18.2 Å². The van der Waals surface area contributed by atoms with Gasteiger partial charge in [-0.25, -0.2) is 0 Å². The second-order valence-electron chi connectivity index (χ2n) is 5.39. The Morgan fingerprint density at radius 1 is 1.18 bits per heavy atom. The summed E-state index contributed by atoms with van der Waals surface area (Å²) in [6.45, 7) is 4.41. The first-order chi connectivity index (χ1) is 8.27. The van der Waals surface area contributed by atoms with Crippen molar-refractivity contribution in [1.82, 2.24) is 5.43 Å². The lowest BCUT2D eigenvalue weighted by molar-refractivity contribution is 0.0295.